The third-order valence-corrected chi connectivity index (χ3v) is 3.29. The predicted molar refractivity (Wildman–Crippen MR) is 62.9 cm³/mol. The van der Waals surface area contributed by atoms with E-state index in [2.05, 4.69) is 11.4 Å². The molecule has 1 N–H and O–H groups in total. The van der Waals surface area contributed by atoms with Crippen molar-refractivity contribution in [3.05, 3.63) is 0 Å². The van der Waals surface area contributed by atoms with Crippen LogP contribution < -0.4 is 5.32 Å². The summed E-state index contributed by atoms with van der Waals surface area (Å²) < 4.78 is 37.3. The first-order valence-corrected chi connectivity index (χ1v) is 6.32. The molecule has 0 heterocycles. The maximum Gasteiger partial charge on any atom is 0.401 e. The van der Waals surface area contributed by atoms with Crippen molar-refractivity contribution in [2.45, 2.75) is 38.4 Å². The average molecular weight is 263 g/mol. The minimum absolute atomic E-state index is 0.137. The van der Waals surface area contributed by atoms with Crippen molar-refractivity contribution in [3.8, 4) is 6.07 Å². The molecule has 6 heteroatoms. The van der Waals surface area contributed by atoms with Gasteiger partial charge in [0.05, 0.1) is 12.6 Å². The number of rotatable bonds is 7. The smallest absolute Gasteiger partial charge is 0.298 e. The fourth-order valence-corrected chi connectivity index (χ4v) is 2.27. The maximum atomic E-state index is 12.4. The number of halogens is 3. The molecule has 0 saturated heterocycles. The zero-order valence-electron chi connectivity index (χ0n) is 10.8. The summed E-state index contributed by atoms with van der Waals surface area (Å²) in [7, 11) is 0. The number of likely N-dealkylation sites (N-methyl/N-ethyl adjacent to an activating group) is 2. The molecule has 104 valence electrons. The van der Waals surface area contributed by atoms with Crippen LogP contribution in [0.4, 0.5) is 13.2 Å². The van der Waals surface area contributed by atoms with E-state index in [0.29, 0.717) is 13.1 Å². The van der Waals surface area contributed by atoms with Crippen LogP contribution in [-0.4, -0.2) is 42.8 Å². The van der Waals surface area contributed by atoms with Crippen molar-refractivity contribution in [1.29, 1.82) is 5.26 Å². The average Bonchev–Trinajstić information content (AvgIpc) is 3.09. The number of nitrogens with zero attached hydrogens (tertiary/aromatic N) is 2. The Labute approximate surface area is 106 Å². The Hall–Kier alpha value is -0.800. The van der Waals surface area contributed by atoms with Crippen LogP contribution in [0.2, 0.25) is 0 Å². The fourth-order valence-electron chi connectivity index (χ4n) is 2.27. The van der Waals surface area contributed by atoms with E-state index in [9.17, 15) is 18.4 Å². The minimum Gasteiger partial charge on any atom is -0.298 e. The molecule has 18 heavy (non-hydrogen) atoms. The van der Waals surface area contributed by atoms with Gasteiger partial charge in [0.2, 0.25) is 0 Å². The maximum absolute atomic E-state index is 12.4. The Morgan fingerprint density at radius 3 is 2.22 bits per heavy atom. The van der Waals surface area contributed by atoms with Crippen molar-refractivity contribution < 1.29 is 13.2 Å². The monoisotopic (exact) mass is 263 g/mol. The van der Waals surface area contributed by atoms with Gasteiger partial charge in [-0.3, -0.25) is 10.2 Å². The SMILES string of the molecule is CCNC(C#N)(CN(CC)CC(F)(F)F)C1CC1. The van der Waals surface area contributed by atoms with Crippen molar-refractivity contribution in [1.82, 2.24) is 10.2 Å². The Bertz CT molecular complexity index is 307. The predicted octanol–water partition coefficient (Wildman–Crippen LogP) is 2.15. The van der Waals surface area contributed by atoms with E-state index >= 15 is 0 Å². The number of hydrogen-bond donors (Lipinski definition) is 1. The van der Waals surface area contributed by atoms with Crippen LogP contribution >= 0.6 is 0 Å². The van der Waals surface area contributed by atoms with Crippen molar-refractivity contribution in [3.63, 3.8) is 0 Å². The summed E-state index contributed by atoms with van der Waals surface area (Å²) in [5, 5.41) is 12.4. The molecule has 0 radical (unpaired) electrons. The van der Waals surface area contributed by atoms with Gasteiger partial charge in [-0.05, 0) is 31.8 Å². The summed E-state index contributed by atoms with van der Waals surface area (Å²) in [6, 6.07) is 2.21. The molecule has 0 aromatic rings. The first kappa shape index (κ1) is 15.3. The van der Waals surface area contributed by atoms with Crippen molar-refractivity contribution in [2.24, 2.45) is 5.92 Å². The van der Waals surface area contributed by atoms with E-state index in [-0.39, 0.29) is 12.5 Å². The van der Waals surface area contributed by atoms with Crippen molar-refractivity contribution in [2.75, 3.05) is 26.2 Å². The second-order valence-electron chi connectivity index (χ2n) is 4.81. The Morgan fingerprint density at radius 2 is 1.89 bits per heavy atom. The Morgan fingerprint density at radius 1 is 1.28 bits per heavy atom. The highest BCUT2D eigenvalue weighted by Gasteiger charge is 2.47. The summed E-state index contributed by atoms with van der Waals surface area (Å²) in [6.45, 7) is 3.62. The number of nitriles is 1. The normalized spacial score (nSPS) is 19.6. The molecule has 1 unspecified atom stereocenters. The van der Waals surface area contributed by atoms with E-state index < -0.39 is 18.3 Å². The standard InChI is InChI=1S/C12H20F3N3/c1-3-17-11(7-16,10-5-6-10)8-18(4-2)9-12(13,14)15/h10,17H,3-6,8-9H2,1-2H3. The molecule has 0 spiro atoms. The Balaban J connectivity index is 2.72. The molecule has 1 aliphatic carbocycles. The molecule has 3 nitrogen and oxygen atoms in total. The van der Waals surface area contributed by atoms with Crippen LogP contribution in [0.5, 0.6) is 0 Å². The lowest BCUT2D eigenvalue weighted by Crippen LogP contribution is -2.55. The third-order valence-electron chi connectivity index (χ3n) is 3.29. The first-order chi connectivity index (χ1) is 8.37. The van der Waals surface area contributed by atoms with E-state index in [1.54, 1.807) is 6.92 Å². The highest BCUT2D eigenvalue weighted by molar-refractivity contribution is 5.16. The lowest BCUT2D eigenvalue weighted by molar-refractivity contribution is -0.147. The lowest BCUT2D eigenvalue weighted by Gasteiger charge is -2.34. The number of nitrogens with one attached hydrogen (secondary N) is 1. The first-order valence-electron chi connectivity index (χ1n) is 6.32. The summed E-state index contributed by atoms with van der Waals surface area (Å²) in [6.07, 6.45) is -2.37. The van der Waals surface area contributed by atoms with Gasteiger partial charge in [0, 0.05) is 6.54 Å². The molecule has 1 rings (SSSR count). The lowest BCUT2D eigenvalue weighted by atomic mass is 9.94. The number of alkyl halides is 3. The van der Waals surface area contributed by atoms with Crippen LogP contribution in [0.1, 0.15) is 26.7 Å². The van der Waals surface area contributed by atoms with Gasteiger partial charge in [0.15, 0.2) is 0 Å². The summed E-state index contributed by atoms with van der Waals surface area (Å²) >= 11 is 0. The molecule has 0 amide bonds. The van der Waals surface area contributed by atoms with E-state index in [1.807, 2.05) is 6.92 Å². The zero-order chi connectivity index (χ0) is 13.8. The van der Waals surface area contributed by atoms with Gasteiger partial charge < -0.3 is 0 Å². The third kappa shape index (κ3) is 4.14. The van der Waals surface area contributed by atoms with Crippen LogP contribution in [0.3, 0.4) is 0 Å². The van der Waals surface area contributed by atoms with Crippen molar-refractivity contribution >= 4 is 0 Å². The minimum atomic E-state index is -4.22. The van der Waals surface area contributed by atoms with Gasteiger partial charge in [-0.15, -0.1) is 0 Å². The molecule has 1 atom stereocenters. The molecular formula is C12H20F3N3. The van der Waals surface area contributed by atoms with Gasteiger partial charge in [-0.2, -0.15) is 18.4 Å². The van der Waals surface area contributed by atoms with Gasteiger partial charge in [0.25, 0.3) is 0 Å². The molecule has 0 bridgehead atoms. The van der Waals surface area contributed by atoms with E-state index in [0.717, 1.165) is 12.8 Å². The van der Waals surface area contributed by atoms with Gasteiger partial charge in [-0.1, -0.05) is 13.8 Å². The quantitative estimate of drug-likeness (QED) is 0.765. The highest BCUT2D eigenvalue weighted by Crippen LogP contribution is 2.40. The molecule has 1 fully saturated rings. The topological polar surface area (TPSA) is 39.1 Å². The molecule has 1 aliphatic rings. The van der Waals surface area contributed by atoms with Gasteiger partial charge in [-0.25, -0.2) is 0 Å². The molecular weight excluding hydrogens is 243 g/mol. The van der Waals surface area contributed by atoms with Crippen LogP contribution in [-0.2, 0) is 0 Å². The van der Waals surface area contributed by atoms with Crippen LogP contribution in [0.15, 0.2) is 0 Å². The highest BCUT2D eigenvalue weighted by atomic mass is 19.4. The second kappa shape index (κ2) is 5.89. The molecule has 0 aromatic heterocycles. The van der Waals surface area contributed by atoms with Gasteiger partial charge in [0.1, 0.15) is 5.54 Å². The molecule has 0 aromatic carbocycles. The van der Waals surface area contributed by atoms with E-state index in [4.69, 9.17) is 0 Å². The summed E-state index contributed by atoms with van der Waals surface area (Å²) in [5.74, 6) is 0.185. The zero-order valence-corrected chi connectivity index (χ0v) is 10.8. The molecule has 0 aliphatic heterocycles. The second-order valence-corrected chi connectivity index (χ2v) is 4.81. The van der Waals surface area contributed by atoms with Gasteiger partial charge >= 0.3 is 6.18 Å². The van der Waals surface area contributed by atoms with Crippen LogP contribution in [0, 0.1) is 17.2 Å². The fraction of sp³-hybridized carbons (Fsp3) is 0.917. The van der Waals surface area contributed by atoms with Crippen LogP contribution in [0.25, 0.3) is 0 Å². The largest absolute Gasteiger partial charge is 0.401 e. The summed E-state index contributed by atoms with van der Waals surface area (Å²) in [5.41, 5.74) is -0.823. The van der Waals surface area contributed by atoms with E-state index in [1.165, 1.54) is 4.90 Å². The Kier molecular flexibility index (Phi) is 5.00. The summed E-state index contributed by atoms with van der Waals surface area (Å²) in [4.78, 5) is 1.30. The molecule has 1 saturated carbocycles. The number of hydrogen-bond acceptors (Lipinski definition) is 3.